The van der Waals surface area contributed by atoms with Gasteiger partial charge in [0.05, 0.1) is 10.7 Å². The van der Waals surface area contributed by atoms with Crippen molar-refractivity contribution < 1.29 is 0 Å². The van der Waals surface area contributed by atoms with Crippen molar-refractivity contribution in [3.8, 4) is 0 Å². The van der Waals surface area contributed by atoms with Crippen LogP contribution in [0.5, 0.6) is 0 Å². The third-order valence-electron chi connectivity index (χ3n) is 3.85. The lowest BCUT2D eigenvalue weighted by Crippen LogP contribution is -2.36. The zero-order valence-electron chi connectivity index (χ0n) is 11.4. The van der Waals surface area contributed by atoms with Gasteiger partial charge >= 0.3 is 0 Å². The predicted octanol–water partition coefficient (Wildman–Crippen LogP) is 3.69. The Labute approximate surface area is 115 Å². The molecule has 0 amide bonds. The molecular formula is C15H23ClN2. The van der Waals surface area contributed by atoms with Gasteiger partial charge in [0, 0.05) is 19.6 Å². The monoisotopic (exact) mass is 266 g/mol. The van der Waals surface area contributed by atoms with Crippen LogP contribution in [0, 0.1) is 5.92 Å². The van der Waals surface area contributed by atoms with Crippen LogP contribution >= 0.6 is 11.6 Å². The van der Waals surface area contributed by atoms with Gasteiger partial charge < -0.3 is 10.2 Å². The highest BCUT2D eigenvalue weighted by Crippen LogP contribution is 2.33. The molecule has 0 spiro atoms. The first-order chi connectivity index (χ1) is 8.76. The first-order valence-electron chi connectivity index (χ1n) is 6.93. The van der Waals surface area contributed by atoms with Crippen LogP contribution in [0.2, 0.25) is 5.02 Å². The molecule has 0 bridgehead atoms. The fraction of sp³-hybridized carbons (Fsp3) is 0.600. The number of hydrogen-bond donors (Lipinski definition) is 1. The lowest BCUT2D eigenvalue weighted by Gasteiger charge is -2.35. The molecule has 1 aromatic rings. The van der Waals surface area contributed by atoms with E-state index in [1.54, 1.807) is 0 Å². The Morgan fingerprint density at radius 2 is 2.28 bits per heavy atom. The molecule has 100 valence electrons. The van der Waals surface area contributed by atoms with Gasteiger partial charge in [-0.2, -0.15) is 0 Å². The maximum atomic E-state index is 6.42. The number of rotatable bonds is 4. The molecule has 3 heteroatoms. The van der Waals surface area contributed by atoms with E-state index in [2.05, 4.69) is 23.2 Å². The Morgan fingerprint density at radius 3 is 3.00 bits per heavy atom. The molecule has 1 fully saturated rings. The summed E-state index contributed by atoms with van der Waals surface area (Å²) in [6.07, 6.45) is 3.91. The lowest BCUT2D eigenvalue weighted by molar-refractivity contribution is 0.404. The summed E-state index contributed by atoms with van der Waals surface area (Å²) in [6, 6.07) is 6.22. The van der Waals surface area contributed by atoms with Gasteiger partial charge in [-0.15, -0.1) is 0 Å². The minimum atomic E-state index is 0.817. The number of anilines is 1. The number of nitrogens with zero attached hydrogens (tertiary/aromatic N) is 1. The standard InChI is InChI=1S/C15H23ClN2/c1-3-12-6-5-9-18(11-12)15-13(10-17-2)7-4-8-14(15)16/h4,7-8,12,17H,3,5-6,9-11H2,1-2H3. The normalized spacial score (nSPS) is 20.2. The van der Waals surface area contributed by atoms with E-state index in [4.69, 9.17) is 11.6 Å². The third kappa shape index (κ3) is 2.99. The summed E-state index contributed by atoms with van der Waals surface area (Å²) in [5, 5.41) is 4.12. The molecule has 0 aromatic heterocycles. The highest BCUT2D eigenvalue weighted by atomic mass is 35.5. The molecule has 0 aliphatic carbocycles. The molecule has 0 saturated carbocycles. The number of para-hydroxylation sites is 1. The fourth-order valence-electron chi connectivity index (χ4n) is 2.85. The molecule has 1 unspecified atom stereocenters. The van der Waals surface area contributed by atoms with Gasteiger partial charge in [0.15, 0.2) is 0 Å². The van der Waals surface area contributed by atoms with Gasteiger partial charge in [-0.3, -0.25) is 0 Å². The molecule has 1 heterocycles. The van der Waals surface area contributed by atoms with Gasteiger partial charge in [-0.1, -0.05) is 37.1 Å². The van der Waals surface area contributed by atoms with E-state index in [0.717, 1.165) is 30.6 Å². The van der Waals surface area contributed by atoms with E-state index in [0.29, 0.717) is 0 Å². The number of halogens is 1. The highest BCUT2D eigenvalue weighted by molar-refractivity contribution is 6.33. The van der Waals surface area contributed by atoms with Gasteiger partial charge in [0.1, 0.15) is 0 Å². The number of hydrogen-bond acceptors (Lipinski definition) is 2. The summed E-state index contributed by atoms with van der Waals surface area (Å²) in [6.45, 7) is 5.45. The predicted molar refractivity (Wildman–Crippen MR) is 79.4 cm³/mol. The zero-order valence-corrected chi connectivity index (χ0v) is 12.1. The third-order valence-corrected chi connectivity index (χ3v) is 4.16. The lowest BCUT2D eigenvalue weighted by atomic mass is 9.94. The Morgan fingerprint density at radius 1 is 1.44 bits per heavy atom. The van der Waals surface area contributed by atoms with Gasteiger partial charge in [-0.05, 0) is 37.4 Å². The van der Waals surface area contributed by atoms with Crippen molar-refractivity contribution in [1.29, 1.82) is 0 Å². The first kappa shape index (κ1) is 13.7. The molecule has 1 aromatic carbocycles. The average Bonchev–Trinajstić information content (AvgIpc) is 2.39. The smallest absolute Gasteiger partial charge is 0.0642 e. The Kier molecular flexibility index (Phi) is 4.90. The largest absolute Gasteiger partial charge is 0.370 e. The topological polar surface area (TPSA) is 15.3 Å². The van der Waals surface area contributed by atoms with Crippen LogP contribution in [-0.2, 0) is 6.54 Å². The van der Waals surface area contributed by atoms with Crippen LogP contribution in [-0.4, -0.2) is 20.1 Å². The van der Waals surface area contributed by atoms with Crippen molar-refractivity contribution in [2.24, 2.45) is 5.92 Å². The quantitative estimate of drug-likeness (QED) is 0.894. The molecule has 1 aliphatic heterocycles. The van der Waals surface area contributed by atoms with Crippen LogP contribution in [0.1, 0.15) is 31.7 Å². The summed E-state index contributed by atoms with van der Waals surface area (Å²) in [4.78, 5) is 2.48. The maximum absolute atomic E-state index is 6.42. The van der Waals surface area contributed by atoms with E-state index in [1.165, 1.54) is 30.5 Å². The Bertz CT molecular complexity index is 392. The maximum Gasteiger partial charge on any atom is 0.0642 e. The van der Waals surface area contributed by atoms with E-state index < -0.39 is 0 Å². The minimum absolute atomic E-state index is 0.817. The fourth-order valence-corrected chi connectivity index (χ4v) is 3.16. The second-order valence-corrected chi connectivity index (χ2v) is 5.55. The highest BCUT2D eigenvalue weighted by Gasteiger charge is 2.22. The number of piperidine rings is 1. The summed E-state index contributed by atoms with van der Waals surface area (Å²) < 4.78 is 0. The molecule has 0 radical (unpaired) electrons. The number of benzene rings is 1. The van der Waals surface area contributed by atoms with E-state index in [1.807, 2.05) is 19.2 Å². The Hall–Kier alpha value is -0.730. The second kappa shape index (κ2) is 6.44. The van der Waals surface area contributed by atoms with E-state index in [-0.39, 0.29) is 0 Å². The molecule has 1 atom stereocenters. The molecule has 1 saturated heterocycles. The Balaban J connectivity index is 2.25. The average molecular weight is 267 g/mol. The molecule has 1 N–H and O–H groups in total. The van der Waals surface area contributed by atoms with E-state index in [9.17, 15) is 0 Å². The molecule has 2 nitrogen and oxygen atoms in total. The van der Waals surface area contributed by atoms with Gasteiger partial charge in [0.2, 0.25) is 0 Å². The summed E-state index contributed by atoms with van der Waals surface area (Å²) in [7, 11) is 1.98. The van der Waals surface area contributed by atoms with Crippen molar-refractivity contribution >= 4 is 17.3 Å². The van der Waals surface area contributed by atoms with Crippen molar-refractivity contribution in [1.82, 2.24) is 5.32 Å². The number of nitrogens with one attached hydrogen (secondary N) is 1. The first-order valence-corrected chi connectivity index (χ1v) is 7.31. The van der Waals surface area contributed by atoms with Crippen LogP contribution in [0.15, 0.2) is 18.2 Å². The van der Waals surface area contributed by atoms with Crippen LogP contribution in [0.3, 0.4) is 0 Å². The molecule has 1 aliphatic rings. The van der Waals surface area contributed by atoms with Crippen molar-refractivity contribution in [3.63, 3.8) is 0 Å². The second-order valence-electron chi connectivity index (χ2n) is 5.14. The van der Waals surface area contributed by atoms with E-state index >= 15 is 0 Å². The van der Waals surface area contributed by atoms with Crippen molar-refractivity contribution in [3.05, 3.63) is 28.8 Å². The molecule has 2 rings (SSSR count). The van der Waals surface area contributed by atoms with Gasteiger partial charge in [-0.25, -0.2) is 0 Å². The molecule has 18 heavy (non-hydrogen) atoms. The summed E-state index contributed by atoms with van der Waals surface area (Å²) in [5.41, 5.74) is 2.55. The minimum Gasteiger partial charge on any atom is -0.370 e. The SMILES string of the molecule is CCC1CCCN(c2c(Cl)cccc2CNC)C1. The van der Waals surface area contributed by atoms with Crippen LogP contribution in [0.25, 0.3) is 0 Å². The summed E-state index contributed by atoms with van der Waals surface area (Å²) in [5.74, 6) is 0.817. The van der Waals surface area contributed by atoms with Crippen LogP contribution in [0.4, 0.5) is 5.69 Å². The zero-order chi connectivity index (χ0) is 13.0. The summed E-state index contributed by atoms with van der Waals surface area (Å²) >= 11 is 6.42. The van der Waals surface area contributed by atoms with Gasteiger partial charge in [0.25, 0.3) is 0 Å². The van der Waals surface area contributed by atoms with Crippen molar-refractivity contribution in [2.45, 2.75) is 32.7 Å². The van der Waals surface area contributed by atoms with Crippen molar-refractivity contribution in [2.75, 3.05) is 25.0 Å². The van der Waals surface area contributed by atoms with Crippen LogP contribution < -0.4 is 10.2 Å². The molecular weight excluding hydrogens is 244 g/mol.